The van der Waals surface area contributed by atoms with Crippen molar-refractivity contribution < 1.29 is 19.4 Å². The molecule has 0 amide bonds. The second-order valence-corrected chi connectivity index (χ2v) is 5.76. The van der Waals surface area contributed by atoms with Crippen LogP contribution in [0.15, 0.2) is 73.3 Å². The van der Waals surface area contributed by atoms with E-state index in [1.165, 1.54) is 0 Å². The van der Waals surface area contributed by atoms with E-state index in [9.17, 15) is 4.79 Å². The molecule has 0 aliphatic rings. The van der Waals surface area contributed by atoms with Crippen LogP contribution in [0.4, 0.5) is 0 Å². The van der Waals surface area contributed by atoms with Gasteiger partial charge >= 0.3 is 5.97 Å². The van der Waals surface area contributed by atoms with Crippen LogP contribution in [-0.4, -0.2) is 23.3 Å². The largest absolute Gasteiger partial charge is 0.481 e. The van der Waals surface area contributed by atoms with Gasteiger partial charge in [0.25, 0.3) is 0 Å². The van der Waals surface area contributed by atoms with Crippen molar-refractivity contribution >= 4 is 5.97 Å². The molecule has 132 valence electrons. The number of hydrogen-bond donors (Lipinski definition) is 1. The Morgan fingerprint density at radius 3 is 1.96 bits per heavy atom. The lowest BCUT2D eigenvalue weighted by Gasteiger charge is -2.25. The zero-order valence-electron chi connectivity index (χ0n) is 14.2. The third kappa shape index (κ3) is 6.91. The quantitative estimate of drug-likeness (QED) is 0.623. The molecule has 0 fully saturated rings. The van der Waals surface area contributed by atoms with Gasteiger partial charge in [0, 0.05) is 6.42 Å². The summed E-state index contributed by atoms with van der Waals surface area (Å²) in [5.74, 6) is -0.848. The van der Waals surface area contributed by atoms with Crippen molar-refractivity contribution in [2.75, 3.05) is 0 Å². The van der Waals surface area contributed by atoms with E-state index in [0.717, 1.165) is 11.1 Å². The number of carboxylic acid groups (broad SMARTS) is 1. The zero-order chi connectivity index (χ0) is 17.9. The van der Waals surface area contributed by atoms with Crippen LogP contribution in [0.5, 0.6) is 0 Å². The number of benzene rings is 2. The third-order valence-corrected chi connectivity index (χ3v) is 3.83. The Morgan fingerprint density at radius 2 is 1.48 bits per heavy atom. The highest BCUT2D eigenvalue weighted by molar-refractivity contribution is 5.66. The lowest BCUT2D eigenvalue weighted by atomic mass is 10.1. The minimum atomic E-state index is -0.848. The molecule has 0 saturated heterocycles. The second kappa shape index (κ2) is 10.4. The van der Waals surface area contributed by atoms with Gasteiger partial charge in [-0.2, -0.15) is 0 Å². The topological polar surface area (TPSA) is 55.8 Å². The van der Waals surface area contributed by atoms with Crippen LogP contribution in [0.1, 0.15) is 24.0 Å². The standard InChI is InChI=1S/C21H24O4/c1-2-19(24-15-17-9-5-3-6-10-17)20(13-14-21(22)23)25-16-18-11-7-4-8-12-18/h2-12,19-20H,1,13-16H2,(H,22,23)/t19-,20-/m1/s1. The Morgan fingerprint density at radius 1 is 0.960 bits per heavy atom. The Kier molecular flexibility index (Phi) is 7.89. The van der Waals surface area contributed by atoms with Crippen LogP contribution >= 0.6 is 0 Å². The van der Waals surface area contributed by atoms with Gasteiger partial charge in [-0.1, -0.05) is 66.7 Å². The van der Waals surface area contributed by atoms with Gasteiger partial charge in [-0.05, 0) is 17.5 Å². The molecule has 4 heteroatoms. The Bertz CT molecular complexity index is 639. The molecule has 0 aromatic heterocycles. The van der Waals surface area contributed by atoms with Crippen molar-refractivity contribution in [2.45, 2.75) is 38.3 Å². The summed E-state index contributed by atoms with van der Waals surface area (Å²) >= 11 is 0. The zero-order valence-corrected chi connectivity index (χ0v) is 14.2. The molecule has 25 heavy (non-hydrogen) atoms. The van der Waals surface area contributed by atoms with E-state index in [0.29, 0.717) is 19.6 Å². The molecule has 0 heterocycles. The number of carbonyl (C=O) groups is 1. The first kappa shape index (κ1) is 18.9. The highest BCUT2D eigenvalue weighted by Crippen LogP contribution is 2.17. The van der Waals surface area contributed by atoms with Gasteiger partial charge in [-0.25, -0.2) is 0 Å². The third-order valence-electron chi connectivity index (χ3n) is 3.83. The summed E-state index contributed by atoms with van der Waals surface area (Å²) in [6.45, 7) is 4.66. The lowest BCUT2D eigenvalue weighted by Crippen LogP contribution is -2.30. The van der Waals surface area contributed by atoms with Crippen LogP contribution in [0.25, 0.3) is 0 Å². The maximum absolute atomic E-state index is 10.9. The summed E-state index contributed by atoms with van der Waals surface area (Å²) in [7, 11) is 0. The summed E-state index contributed by atoms with van der Waals surface area (Å²) in [6, 6.07) is 19.6. The summed E-state index contributed by atoms with van der Waals surface area (Å²) < 4.78 is 11.9. The molecule has 2 atom stereocenters. The van der Waals surface area contributed by atoms with E-state index < -0.39 is 5.97 Å². The highest BCUT2D eigenvalue weighted by Gasteiger charge is 2.21. The number of rotatable bonds is 11. The minimum absolute atomic E-state index is 0.0263. The molecule has 1 N–H and O–H groups in total. The number of hydrogen-bond acceptors (Lipinski definition) is 3. The smallest absolute Gasteiger partial charge is 0.303 e. The van der Waals surface area contributed by atoms with Gasteiger partial charge in [0.2, 0.25) is 0 Å². The van der Waals surface area contributed by atoms with Gasteiger partial charge in [0.05, 0.1) is 19.3 Å². The monoisotopic (exact) mass is 340 g/mol. The fourth-order valence-corrected chi connectivity index (χ4v) is 2.48. The van der Waals surface area contributed by atoms with Crippen molar-refractivity contribution in [2.24, 2.45) is 0 Å². The SMILES string of the molecule is C=C[C@@H](OCc1ccccc1)[C@@H](CCC(=O)O)OCc1ccccc1. The predicted octanol–water partition coefficient (Wildman–Crippen LogP) is 4.21. The molecule has 2 rings (SSSR count). The summed E-state index contributed by atoms with van der Waals surface area (Å²) in [5.41, 5.74) is 2.09. The summed E-state index contributed by atoms with van der Waals surface area (Å²) in [6.07, 6.45) is 1.34. The average Bonchev–Trinajstić information content (AvgIpc) is 2.65. The maximum atomic E-state index is 10.9. The Hall–Kier alpha value is -2.43. The maximum Gasteiger partial charge on any atom is 0.303 e. The molecule has 0 radical (unpaired) electrons. The number of aliphatic carboxylic acids is 1. The molecule has 0 aliphatic carbocycles. The van der Waals surface area contributed by atoms with Gasteiger partial charge in [-0.15, -0.1) is 6.58 Å². The first-order valence-electron chi connectivity index (χ1n) is 8.34. The normalized spacial score (nSPS) is 13.1. The van der Waals surface area contributed by atoms with E-state index >= 15 is 0 Å². The van der Waals surface area contributed by atoms with E-state index in [1.54, 1.807) is 6.08 Å². The minimum Gasteiger partial charge on any atom is -0.481 e. The van der Waals surface area contributed by atoms with Crippen LogP contribution in [0.2, 0.25) is 0 Å². The van der Waals surface area contributed by atoms with Crippen molar-refractivity contribution in [3.8, 4) is 0 Å². The van der Waals surface area contributed by atoms with Crippen molar-refractivity contribution in [3.05, 3.63) is 84.4 Å². The average molecular weight is 340 g/mol. The van der Waals surface area contributed by atoms with Crippen LogP contribution < -0.4 is 0 Å². The van der Waals surface area contributed by atoms with Gasteiger partial charge in [0.15, 0.2) is 0 Å². The summed E-state index contributed by atoms with van der Waals surface area (Å²) in [5, 5.41) is 8.99. The molecule has 0 unspecified atom stereocenters. The molecule has 0 saturated carbocycles. The van der Waals surface area contributed by atoms with Crippen molar-refractivity contribution in [1.82, 2.24) is 0 Å². The highest BCUT2D eigenvalue weighted by atomic mass is 16.5. The fourth-order valence-electron chi connectivity index (χ4n) is 2.48. The van der Waals surface area contributed by atoms with Crippen molar-refractivity contribution in [3.63, 3.8) is 0 Å². The predicted molar refractivity (Wildman–Crippen MR) is 97.1 cm³/mol. The van der Waals surface area contributed by atoms with E-state index in [-0.39, 0.29) is 18.6 Å². The summed E-state index contributed by atoms with van der Waals surface area (Å²) in [4.78, 5) is 10.9. The van der Waals surface area contributed by atoms with E-state index in [2.05, 4.69) is 6.58 Å². The lowest BCUT2D eigenvalue weighted by molar-refractivity contribution is -0.138. The fraction of sp³-hybridized carbons (Fsp3) is 0.286. The Balaban J connectivity index is 1.97. The van der Waals surface area contributed by atoms with Crippen LogP contribution in [-0.2, 0) is 27.5 Å². The molecule has 2 aromatic carbocycles. The number of carboxylic acids is 1. The molecular formula is C21H24O4. The first-order valence-corrected chi connectivity index (χ1v) is 8.34. The molecule has 0 spiro atoms. The molecular weight excluding hydrogens is 316 g/mol. The molecule has 2 aromatic rings. The van der Waals surface area contributed by atoms with Crippen LogP contribution in [0.3, 0.4) is 0 Å². The van der Waals surface area contributed by atoms with E-state index in [4.69, 9.17) is 14.6 Å². The molecule has 4 nitrogen and oxygen atoms in total. The molecule has 0 bridgehead atoms. The Labute approximate surface area is 148 Å². The first-order chi connectivity index (χ1) is 12.2. The number of ether oxygens (including phenoxy) is 2. The van der Waals surface area contributed by atoms with E-state index in [1.807, 2.05) is 60.7 Å². The van der Waals surface area contributed by atoms with Crippen molar-refractivity contribution in [1.29, 1.82) is 0 Å². The molecule has 0 aliphatic heterocycles. The van der Waals surface area contributed by atoms with Gasteiger partial charge < -0.3 is 14.6 Å². The van der Waals surface area contributed by atoms with Gasteiger partial charge in [-0.3, -0.25) is 4.79 Å². The second-order valence-electron chi connectivity index (χ2n) is 5.76. The van der Waals surface area contributed by atoms with Gasteiger partial charge in [0.1, 0.15) is 6.10 Å². The van der Waals surface area contributed by atoms with Crippen LogP contribution in [0, 0.1) is 0 Å².